The Labute approximate surface area is 117 Å². The van der Waals surface area contributed by atoms with Crippen molar-refractivity contribution in [3.63, 3.8) is 0 Å². The van der Waals surface area contributed by atoms with Gasteiger partial charge in [0.05, 0.1) is 10.6 Å². The van der Waals surface area contributed by atoms with Gasteiger partial charge in [-0.3, -0.25) is 10.1 Å². The maximum Gasteiger partial charge on any atom is 0.270 e. The summed E-state index contributed by atoms with van der Waals surface area (Å²) < 4.78 is 5.48. The standard InChI is InChI=1S/C12H7ClN4O3/c1-6-9-11(16-12(13)14-6)20-10(15-9)7-3-2-4-8(5-7)17(18)19/h2-5H,1H3. The average molecular weight is 291 g/mol. The number of halogens is 1. The smallest absolute Gasteiger partial charge is 0.270 e. The van der Waals surface area contributed by atoms with E-state index in [4.69, 9.17) is 16.0 Å². The highest BCUT2D eigenvalue weighted by molar-refractivity contribution is 6.28. The molecule has 1 aromatic carbocycles. The lowest BCUT2D eigenvalue weighted by Gasteiger charge is -1.94. The number of hydrogen-bond acceptors (Lipinski definition) is 6. The number of hydrogen-bond donors (Lipinski definition) is 0. The summed E-state index contributed by atoms with van der Waals surface area (Å²) in [5, 5.41) is 10.8. The molecule has 2 aromatic heterocycles. The second-order valence-corrected chi connectivity index (χ2v) is 4.40. The number of non-ortho nitro benzene ring substituents is 1. The van der Waals surface area contributed by atoms with E-state index in [2.05, 4.69) is 15.0 Å². The topological polar surface area (TPSA) is 95.0 Å². The molecule has 0 radical (unpaired) electrons. The molecule has 0 fully saturated rings. The lowest BCUT2D eigenvalue weighted by atomic mass is 10.2. The number of nitro groups is 1. The largest absolute Gasteiger partial charge is 0.417 e. The van der Waals surface area contributed by atoms with Gasteiger partial charge in [0.2, 0.25) is 11.2 Å². The van der Waals surface area contributed by atoms with Crippen LogP contribution in [0, 0.1) is 17.0 Å². The first-order valence-corrected chi connectivity index (χ1v) is 5.98. The normalized spacial score (nSPS) is 10.9. The summed E-state index contributed by atoms with van der Waals surface area (Å²) in [6, 6.07) is 6.01. The van der Waals surface area contributed by atoms with Gasteiger partial charge in [-0.25, -0.2) is 9.97 Å². The minimum atomic E-state index is -0.478. The molecule has 3 aromatic rings. The third-order valence-electron chi connectivity index (χ3n) is 2.71. The van der Waals surface area contributed by atoms with E-state index in [0.717, 1.165) is 0 Å². The number of rotatable bonds is 2. The molecule has 0 N–H and O–H groups in total. The Morgan fingerprint density at radius 2 is 2.10 bits per heavy atom. The van der Waals surface area contributed by atoms with Crippen LogP contribution in [0.1, 0.15) is 5.69 Å². The number of aromatic nitrogens is 3. The molecule has 0 aliphatic carbocycles. The van der Waals surface area contributed by atoms with Crippen LogP contribution in [-0.4, -0.2) is 19.9 Å². The van der Waals surface area contributed by atoms with Crippen molar-refractivity contribution in [1.82, 2.24) is 15.0 Å². The second-order valence-electron chi connectivity index (χ2n) is 4.06. The van der Waals surface area contributed by atoms with Gasteiger partial charge in [0, 0.05) is 17.7 Å². The molecule has 0 amide bonds. The zero-order valence-electron chi connectivity index (χ0n) is 10.2. The fourth-order valence-corrected chi connectivity index (χ4v) is 2.00. The number of nitro benzene ring substituents is 1. The third-order valence-corrected chi connectivity index (χ3v) is 2.88. The van der Waals surface area contributed by atoms with Crippen molar-refractivity contribution in [3.8, 4) is 11.5 Å². The van der Waals surface area contributed by atoms with Crippen LogP contribution < -0.4 is 0 Å². The van der Waals surface area contributed by atoms with Gasteiger partial charge >= 0.3 is 0 Å². The summed E-state index contributed by atoms with van der Waals surface area (Å²) in [5.74, 6) is 0.239. The van der Waals surface area contributed by atoms with Gasteiger partial charge in [0.25, 0.3) is 11.4 Å². The summed E-state index contributed by atoms with van der Waals surface area (Å²) in [4.78, 5) is 22.5. The molecular formula is C12H7ClN4O3. The van der Waals surface area contributed by atoms with Crippen LogP contribution in [0.3, 0.4) is 0 Å². The molecule has 7 nitrogen and oxygen atoms in total. The van der Waals surface area contributed by atoms with Crippen LogP contribution >= 0.6 is 11.6 Å². The lowest BCUT2D eigenvalue weighted by molar-refractivity contribution is -0.384. The monoisotopic (exact) mass is 290 g/mol. The highest BCUT2D eigenvalue weighted by Crippen LogP contribution is 2.27. The zero-order chi connectivity index (χ0) is 14.3. The first-order chi connectivity index (χ1) is 9.54. The van der Waals surface area contributed by atoms with E-state index < -0.39 is 4.92 Å². The van der Waals surface area contributed by atoms with Gasteiger partial charge < -0.3 is 4.42 Å². The molecule has 0 spiro atoms. The first kappa shape index (κ1) is 12.5. The highest BCUT2D eigenvalue weighted by Gasteiger charge is 2.15. The second kappa shape index (κ2) is 4.53. The fraction of sp³-hybridized carbons (Fsp3) is 0.0833. The van der Waals surface area contributed by atoms with Crippen molar-refractivity contribution in [2.45, 2.75) is 6.92 Å². The molecule has 0 bridgehead atoms. The van der Waals surface area contributed by atoms with Gasteiger partial charge in [-0.2, -0.15) is 4.98 Å². The van der Waals surface area contributed by atoms with E-state index in [-0.39, 0.29) is 22.6 Å². The van der Waals surface area contributed by atoms with Crippen molar-refractivity contribution in [2.75, 3.05) is 0 Å². The molecule has 0 saturated heterocycles. The Balaban J connectivity index is 2.17. The Hall–Kier alpha value is -2.54. The van der Waals surface area contributed by atoms with Crippen LogP contribution in [0.2, 0.25) is 5.28 Å². The summed E-state index contributed by atoms with van der Waals surface area (Å²) >= 11 is 5.75. The third kappa shape index (κ3) is 2.08. The molecule has 100 valence electrons. The molecule has 0 saturated carbocycles. The molecule has 0 atom stereocenters. The predicted octanol–water partition coefficient (Wildman–Crippen LogP) is 3.15. The van der Waals surface area contributed by atoms with Crippen LogP contribution in [0.15, 0.2) is 28.7 Å². The Morgan fingerprint density at radius 3 is 2.85 bits per heavy atom. The summed E-state index contributed by atoms with van der Waals surface area (Å²) in [6.45, 7) is 1.73. The Bertz CT molecular complexity index is 831. The molecule has 0 aliphatic rings. The molecule has 2 heterocycles. The number of oxazole rings is 1. The van der Waals surface area contributed by atoms with E-state index >= 15 is 0 Å². The molecule has 20 heavy (non-hydrogen) atoms. The maximum absolute atomic E-state index is 10.8. The number of nitrogens with zero attached hydrogens (tertiary/aromatic N) is 4. The van der Waals surface area contributed by atoms with Gasteiger partial charge in [0.1, 0.15) is 0 Å². The van der Waals surface area contributed by atoms with Crippen molar-refractivity contribution in [2.24, 2.45) is 0 Å². The zero-order valence-corrected chi connectivity index (χ0v) is 11.0. The van der Waals surface area contributed by atoms with E-state index in [9.17, 15) is 10.1 Å². The highest BCUT2D eigenvalue weighted by atomic mass is 35.5. The SMILES string of the molecule is Cc1nc(Cl)nc2oc(-c3cccc([N+](=O)[O-])c3)nc12. The molecule has 0 unspecified atom stereocenters. The van der Waals surface area contributed by atoms with E-state index in [0.29, 0.717) is 16.8 Å². The number of benzene rings is 1. The molecule has 8 heteroatoms. The quantitative estimate of drug-likeness (QED) is 0.409. The minimum Gasteiger partial charge on any atom is -0.417 e. The van der Waals surface area contributed by atoms with E-state index in [1.807, 2.05) is 0 Å². The first-order valence-electron chi connectivity index (χ1n) is 5.60. The molecule has 3 rings (SSSR count). The van der Waals surface area contributed by atoms with Gasteiger partial charge in [-0.15, -0.1) is 0 Å². The van der Waals surface area contributed by atoms with E-state index in [1.54, 1.807) is 19.1 Å². The lowest BCUT2D eigenvalue weighted by Crippen LogP contribution is -1.88. The van der Waals surface area contributed by atoms with E-state index in [1.165, 1.54) is 12.1 Å². The van der Waals surface area contributed by atoms with Crippen molar-refractivity contribution >= 4 is 28.5 Å². The number of fused-ring (bicyclic) bond motifs is 1. The van der Waals surface area contributed by atoms with Crippen molar-refractivity contribution in [1.29, 1.82) is 0 Å². The summed E-state index contributed by atoms with van der Waals surface area (Å²) in [7, 11) is 0. The predicted molar refractivity (Wildman–Crippen MR) is 71.4 cm³/mol. The average Bonchev–Trinajstić information content (AvgIpc) is 2.83. The minimum absolute atomic E-state index is 0.0365. The van der Waals surface area contributed by atoms with Crippen LogP contribution in [0.25, 0.3) is 22.7 Å². The number of aryl methyl sites for hydroxylation is 1. The van der Waals surface area contributed by atoms with Gasteiger partial charge in [0.15, 0.2) is 5.52 Å². The fourth-order valence-electron chi connectivity index (χ4n) is 1.80. The van der Waals surface area contributed by atoms with Crippen LogP contribution in [0.4, 0.5) is 5.69 Å². The molecule has 0 aliphatic heterocycles. The maximum atomic E-state index is 10.8. The van der Waals surface area contributed by atoms with Crippen LogP contribution in [0.5, 0.6) is 0 Å². The summed E-state index contributed by atoms with van der Waals surface area (Å²) in [6.07, 6.45) is 0. The Kier molecular flexibility index (Phi) is 2.83. The molecular weight excluding hydrogens is 284 g/mol. The Morgan fingerprint density at radius 1 is 1.30 bits per heavy atom. The van der Waals surface area contributed by atoms with Gasteiger partial charge in [-0.05, 0) is 24.6 Å². The van der Waals surface area contributed by atoms with Crippen LogP contribution in [-0.2, 0) is 0 Å². The van der Waals surface area contributed by atoms with Crippen molar-refractivity contribution < 1.29 is 9.34 Å². The van der Waals surface area contributed by atoms with Gasteiger partial charge in [-0.1, -0.05) is 6.07 Å². The summed E-state index contributed by atoms with van der Waals surface area (Å²) in [5.41, 5.74) is 1.78. The van der Waals surface area contributed by atoms with Crippen molar-refractivity contribution in [3.05, 3.63) is 45.4 Å².